The van der Waals surface area contributed by atoms with E-state index >= 15 is 0 Å². The Bertz CT molecular complexity index is 327. The zero-order valence-electron chi connectivity index (χ0n) is 11.7. The van der Waals surface area contributed by atoms with Gasteiger partial charge in [0.05, 0.1) is 12.2 Å². The highest BCUT2D eigenvalue weighted by atomic mass is 16.5. The van der Waals surface area contributed by atoms with Crippen molar-refractivity contribution in [2.45, 2.75) is 31.8 Å². The van der Waals surface area contributed by atoms with Gasteiger partial charge in [0.2, 0.25) is 0 Å². The Balaban J connectivity index is 1.92. The number of hydrogen-bond donors (Lipinski definition) is 2. The number of rotatable bonds is 10. The minimum atomic E-state index is -0.740. The second-order valence-electron chi connectivity index (χ2n) is 4.93. The van der Waals surface area contributed by atoms with E-state index in [1.54, 1.807) is 6.92 Å². The molecule has 1 aromatic carbocycles. The molecule has 19 heavy (non-hydrogen) atoms. The van der Waals surface area contributed by atoms with Crippen LogP contribution in [0.25, 0.3) is 0 Å². The zero-order chi connectivity index (χ0) is 14.0. The minimum Gasteiger partial charge on any atom is -0.491 e. The van der Waals surface area contributed by atoms with Gasteiger partial charge in [0.15, 0.2) is 0 Å². The third kappa shape index (κ3) is 7.82. The van der Waals surface area contributed by atoms with Crippen LogP contribution in [0.1, 0.15) is 26.2 Å². The average Bonchev–Trinajstić information content (AvgIpc) is 2.43. The van der Waals surface area contributed by atoms with Crippen molar-refractivity contribution in [2.24, 2.45) is 5.73 Å². The number of hydrogen-bond acceptors (Lipinski definition) is 4. The average molecular weight is 267 g/mol. The molecule has 0 aliphatic carbocycles. The van der Waals surface area contributed by atoms with Crippen molar-refractivity contribution >= 4 is 0 Å². The van der Waals surface area contributed by atoms with Crippen LogP contribution >= 0.6 is 0 Å². The summed E-state index contributed by atoms with van der Waals surface area (Å²) in [6, 6.07) is 9.70. The summed E-state index contributed by atoms with van der Waals surface area (Å²) < 4.78 is 11.0. The second kappa shape index (κ2) is 8.91. The van der Waals surface area contributed by atoms with Crippen LogP contribution in [0.15, 0.2) is 30.3 Å². The van der Waals surface area contributed by atoms with Gasteiger partial charge < -0.3 is 20.3 Å². The lowest BCUT2D eigenvalue weighted by molar-refractivity contribution is 0.0509. The molecule has 0 fully saturated rings. The van der Waals surface area contributed by atoms with Crippen LogP contribution in [-0.4, -0.2) is 37.1 Å². The van der Waals surface area contributed by atoms with Gasteiger partial charge in [-0.15, -0.1) is 0 Å². The van der Waals surface area contributed by atoms with Crippen molar-refractivity contribution in [3.63, 3.8) is 0 Å². The quantitative estimate of drug-likeness (QED) is 0.636. The van der Waals surface area contributed by atoms with E-state index in [0.29, 0.717) is 32.8 Å². The summed E-state index contributed by atoms with van der Waals surface area (Å²) in [5.74, 6) is 0.866. The molecule has 108 valence electrons. The fourth-order valence-electron chi connectivity index (χ4n) is 1.65. The molecular weight excluding hydrogens is 242 g/mol. The van der Waals surface area contributed by atoms with Crippen LogP contribution in [-0.2, 0) is 4.74 Å². The number of ether oxygens (including phenoxy) is 2. The number of para-hydroxylation sites is 1. The van der Waals surface area contributed by atoms with Gasteiger partial charge in [-0.25, -0.2) is 0 Å². The predicted octanol–water partition coefficient (Wildman–Crippen LogP) is 1.96. The Hall–Kier alpha value is -1.10. The van der Waals surface area contributed by atoms with Crippen molar-refractivity contribution in [2.75, 3.05) is 26.4 Å². The first-order valence-corrected chi connectivity index (χ1v) is 6.82. The van der Waals surface area contributed by atoms with Gasteiger partial charge in [-0.1, -0.05) is 18.2 Å². The van der Waals surface area contributed by atoms with E-state index in [2.05, 4.69) is 0 Å². The van der Waals surface area contributed by atoms with Crippen LogP contribution < -0.4 is 10.5 Å². The van der Waals surface area contributed by atoms with Gasteiger partial charge in [-0.05, 0) is 38.3 Å². The summed E-state index contributed by atoms with van der Waals surface area (Å²) >= 11 is 0. The molecule has 0 saturated heterocycles. The van der Waals surface area contributed by atoms with Crippen LogP contribution in [0.3, 0.4) is 0 Å². The Morgan fingerprint density at radius 1 is 1.11 bits per heavy atom. The molecule has 0 saturated carbocycles. The number of nitrogens with two attached hydrogens (primary N) is 1. The number of unbranched alkanes of at least 4 members (excludes halogenated alkanes) is 1. The van der Waals surface area contributed by atoms with E-state index < -0.39 is 5.60 Å². The maximum atomic E-state index is 9.70. The monoisotopic (exact) mass is 267 g/mol. The molecular formula is C15H25NO3. The van der Waals surface area contributed by atoms with Crippen LogP contribution in [0.2, 0.25) is 0 Å². The first kappa shape index (κ1) is 16.0. The Kier molecular flexibility index (Phi) is 7.48. The zero-order valence-corrected chi connectivity index (χ0v) is 11.7. The van der Waals surface area contributed by atoms with E-state index in [9.17, 15) is 5.11 Å². The lowest BCUT2D eigenvalue weighted by Gasteiger charge is -2.20. The highest BCUT2D eigenvalue weighted by Gasteiger charge is 2.16. The summed E-state index contributed by atoms with van der Waals surface area (Å²) in [5.41, 5.74) is 4.70. The molecule has 0 radical (unpaired) electrons. The lowest BCUT2D eigenvalue weighted by Crippen LogP contribution is -2.33. The van der Waals surface area contributed by atoms with Crippen molar-refractivity contribution in [3.8, 4) is 5.75 Å². The van der Waals surface area contributed by atoms with Gasteiger partial charge in [0, 0.05) is 13.2 Å². The lowest BCUT2D eigenvalue weighted by atomic mass is 10.00. The van der Waals surface area contributed by atoms with E-state index in [0.717, 1.165) is 18.6 Å². The smallest absolute Gasteiger partial charge is 0.119 e. The number of aliphatic hydroxyl groups is 1. The third-order valence-corrected chi connectivity index (χ3v) is 2.93. The summed E-state index contributed by atoms with van der Waals surface area (Å²) in [5, 5.41) is 9.70. The molecule has 1 aromatic rings. The van der Waals surface area contributed by atoms with Gasteiger partial charge in [0.25, 0.3) is 0 Å². The minimum absolute atomic E-state index is 0.304. The van der Waals surface area contributed by atoms with Crippen LogP contribution in [0, 0.1) is 0 Å². The first-order valence-electron chi connectivity index (χ1n) is 6.82. The Morgan fingerprint density at radius 3 is 2.53 bits per heavy atom. The summed E-state index contributed by atoms with van der Waals surface area (Å²) in [4.78, 5) is 0. The van der Waals surface area contributed by atoms with E-state index in [1.807, 2.05) is 30.3 Å². The molecule has 0 amide bonds. The van der Waals surface area contributed by atoms with Gasteiger partial charge in [-0.2, -0.15) is 0 Å². The van der Waals surface area contributed by atoms with Crippen molar-refractivity contribution in [1.82, 2.24) is 0 Å². The highest BCUT2D eigenvalue weighted by molar-refractivity contribution is 5.20. The molecule has 4 nitrogen and oxygen atoms in total. The van der Waals surface area contributed by atoms with E-state index in [-0.39, 0.29) is 0 Å². The molecule has 1 atom stereocenters. The molecule has 0 aliphatic rings. The van der Waals surface area contributed by atoms with E-state index in [1.165, 1.54) is 0 Å². The molecule has 1 rings (SSSR count). The fraction of sp³-hybridized carbons (Fsp3) is 0.600. The topological polar surface area (TPSA) is 64.7 Å². The normalized spacial score (nSPS) is 14.1. The fourth-order valence-corrected chi connectivity index (χ4v) is 1.65. The number of benzene rings is 1. The molecule has 4 heteroatoms. The van der Waals surface area contributed by atoms with Gasteiger partial charge in [0.1, 0.15) is 12.4 Å². The Labute approximate surface area is 115 Å². The maximum absolute atomic E-state index is 9.70. The molecule has 0 spiro atoms. The largest absolute Gasteiger partial charge is 0.491 e. The second-order valence-corrected chi connectivity index (χ2v) is 4.93. The highest BCUT2D eigenvalue weighted by Crippen LogP contribution is 2.11. The van der Waals surface area contributed by atoms with Crippen molar-refractivity contribution < 1.29 is 14.6 Å². The Morgan fingerprint density at radius 2 is 1.84 bits per heavy atom. The molecule has 1 unspecified atom stereocenters. The van der Waals surface area contributed by atoms with Crippen LogP contribution in [0.5, 0.6) is 5.75 Å². The van der Waals surface area contributed by atoms with E-state index in [4.69, 9.17) is 15.2 Å². The van der Waals surface area contributed by atoms with Crippen molar-refractivity contribution in [3.05, 3.63) is 30.3 Å². The predicted molar refractivity (Wildman–Crippen MR) is 76.3 cm³/mol. The molecule has 0 heterocycles. The maximum Gasteiger partial charge on any atom is 0.119 e. The van der Waals surface area contributed by atoms with Crippen molar-refractivity contribution in [1.29, 1.82) is 0 Å². The molecule has 0 aromatic heterocycles. The standard InChI is InChI=1S/C15H25NO3/c1-15(17,13-16)9-5-6-10-18-11-12-19-14-7-3-2-4-8-14/h2-4,7-8,17H,5-6,9-13,16H2,1H3. The summed E-state index contributed by atoms with van der Waals surface area (Å²) in [7, 11) is 0. The van der Waals surface area contributed by atoms with Gasteiger partial charge >= 0.3 is 0 Å². The van der Waals surface area contributed by atoms with Crippen LogP contribution in [0.4, 0.5) is 0 Å². The molecule has 0 bridgehead atoms. The SMILES string of the molecule is CC(O)(CN)CCCCOCCOc1ccccc1. The molecule has 0 aliphatic heterocycles. The first-order chi connectivity index (χ1) is 9.14. The summed E-state index contributed by atoms with van der Waals surface area (Å²) in [6.45, 7) is 3.91. The van der Waals surface area contributed by atoms with Gasteiger partial charge in [-0.3, -0.25) is 0 Å². The molecule has 3 N–H and O–H groups in total. The third-order valence-electron chi connectivity index (χ3n) is 2.93. The summed E-state index contributed by atoms with van der Waals surface area (Å²) in [6.07, 6.45) is 2.57.